The Morgan fingerprint density at radius 2 is 1.67 bits per heavy atom. The van der Waals surface area contributed by atoms with Crippen LogP contribution in [-0.4, -0.2) is 59.2 Å². The van der Waals surface area contributed by atoms with Crippen LogP contribution in [0.1, 0.15) is 6.92 Å². The van der Waals surface area contributed by atoms with Crippen molar-refractivity contribution in [3.05, 3.63) is 12.1 Å². The van der Waals surface area contributed by atoms with Gasteiger partial charge in [0.15, 0.2) is 11.5 Å². The molecule has 6 heteroatoms. The summed E-state index contributed by atoms with van der Waals surface area (Å²) < 4.78 is 16.1. The molecule has 0 bridgehead atoms. The lowest BCUT2D eigenvalue weighted by Crippen LogP contribution is -2.33. The van der Waals surface area contributed by atoms with Gasteiger partial charge in [-0.2, -0.15) is 0 Å². The Balaban J connectivity index is 2.93. The molecule has 0 atom stereocenters. The predicted octanol–water partition coefficient (Wildman–Crippen LogP) is 1.12. The molecule has 0 fully saturated rings. The third-order valence-corrected chi connectivity index (χ3v) is 3.24. The minimum atomic E-state index is 0.149. The van der Waals surface area contributed by atoms with E-state index in [-0.39, 0.29) is 6.61 Å². The van der Waals surface area contributed by atoms with Crippen LogP contribution in [0, 0.1) is 0 Å². The number of nitrogens with one attached hydrogen (secondary N) is 1. The zero-order chi connectivity index (χ0) is 15.7. The van der Waals surface area contributed by atoms with E-state index in [0.29, 0.717) is 23.8 Å². The Morgan fingerprint density at radius 3 is 2.10 bits per heavy atom. The van der Waals surface area contributed by atoms with Crippen LogP contribution in [0.2, 0.25) is 0 Å². The Hall–Kier alpha value is -1.66. The molecule has 0 spiro atoms. The molecule has 0 aliphatic heterocycles. The fourth-order valence-corrected chi connectivity index (χ4v) is 2.14. The highest BCUT2D eigenvalue weighted by molar-refractivity contribution is 5.63. The first-order valence-electron chi connectivity index (χ1n) is 7.08. The highest BCUT2D eigenvalue weighted by atomic mass is 16.5. The van der Waals surface area contributed by atoms with Gasteiger partial charge in [-0.25, -0.2) is 0 Å². The van der Waals surface area contributed by atoms with Crippen molar-refractivity contribution < 1.29 is 19.3 Å². The molecule has 0 radical (unpaired) electrons. The normalized spacial score (nSPS) is 10.3. The van der Waals surface area contributed by atoms with Crippen molar-refractivity contribution in [1.29, 1.82) is 0 Å². The number of methoxy groups -OCH3 is 3. The van der Waals surface area contributed by atoms with E-state index in [4.69, 9.17) is 19.3 Å². The lowest BCUT2D eigenvalue weighted by Gasteiger charge is -2.25. The van der Waals surface area contributed by atoms with Gasteiger partial charge in [-0.15, -0.1) is 0 Å². The van der Waals surface area contributed by atoms with E-state index in [1.807, 2.05) is 12.1 Å². The smallest absolute Gasteiger partial charge is 0.203 e. The average Bonchev–Trinajstić information content (AvgIpc) is 2.53. The van der Waals surface area contributed by atoms with Crippen molar-refractivity contribution in [2.24, 2.45) is 0 Å². The van der Waals surface area contributed by atoms with Crippen LogP contribution in [0.5, 0.6) is 17.2 Å². The first kappa shape index (κ1) is 17.4. The van der Waals surface area contributed by atoms with Gasteiger partial charge in [-0.1, -0.05) is 0 Å². The van der Waals surface area contributed by atoms with Crippen LogP contribution < -0.4 is 24.4 Å². The molecule has 120 valence electrons. The molecule has 0 heterocycles. The summed E-state index contributed by atoms with van der Waals surface area (Å²) in [5.74, 6) is 1.89. The van der Waals surface area contributed by atoms with E-state index in [0.717, 1.165) is 25.3 Å². The summed E-state index contributed by atoms with van der Waals surface area (Å²) in [6.07, 6.45) is 0. The van der Waals surface area contributed by atoms with Crippen molar-refractivity contribution >= 4 is 5.69 Å². The van der Waals surface area contributed by atoms with E-state index >= 15 is 0 Å². The molecule has 6 nitrogen and oxygen atoms in total. The molecular weight excluding hydrogens is 272 g/mol. The standard InChI is InChI=1S/C15H26N2O4/c1-5-17(8-6-16-7-9-18)12-10-13(19-2)15(21-4)14(11-12)20-3/h10-11,16,18H,5-9H2,1-4H3. The van der Waals surface area contributed by atoms with Crippen molar-refractivity contribution in [2.75, 3.05) is 59.0 Å². The third-order valence-electron chi connectivity index (χ3n) is 3.24. The monoisotopic (exact) mass is 298 g/mol. The molecule has 0 saturated heterocycles. The molecule has 0 amide bonds. The lowest BCUT2D eigenvalue weighted by atomic mass is 10.2. The topological polar surface area (TPSA) is 63.2 Å². The third kappa shape index (κ3) is 4.68. The maximum atomic E-state index is 8.78. The Morgan fingerprint density at radius 1 is 1.05 bits per heavy atom. The van der Waals surface area contributed by atoms with E-state index in [2.05, 4.69) is 17.1 Å². The summed E-state index contributed by atoms with van der Waals surface area (Å²) in [7, 11) is 4.82. The average molecular weight is 298 g/mol. The second-order valence-corrected chi connectivity index (χ2v) is 4.44. The highest BCUT2D eigenvalue weighted by Gasteiger charge is 2.15. The van der Waals surface area contributed by atoms with Crippen molar-refractivity contribution in [3.8, 4) is 17.2 Å². The van der Waals surface area contributed by atoms with Gasteiger partial charge in [0.2, 0.25) is 5.75 Å². The van der Waals surface area contributed by atoms with Crippen molar-refractivity contribution in [3.63, 3.8) is 0 Å². The highest BCUT2D eigenvalue weighted by Crippen LogP contribution is 2.40. The number of ether oxygens (including phenoxy) is 3. The second-order valence-electron chi connectivity index (χ2n) is 4.44. The second kappa shape index (κ2) is 9.31. The number of likely N-dealkylation sites (N-methyl/N-ethyl adjacent to an activating group) is 1. The molecule has 0 saturated carbocycles. The SMILES string of the molecule is CCN(CCNCCO)c1cc(OC)c(OC)c(OC)c1. The van der Waals surface area contributed by atoms with Crippen molar-refractivity contribution in [1.82, 2.24) is 5.32 Å². The summed E-state index contributed by atoms with van der Waals surface area (Å²) in [6.45, 7) is 5.33. The predicted molar refractivity (Wildman–Crippen MR) is 83.9 cm³/mol. The molecule has 0 unspecified atom stereocenters. The molecule has 21 heavy (non-hydrogen) atoms. The molecule has 2 N–H and O–H groups in total. The first-order chi connectivity index (χ1) is 10.2. The Kier molecular flexibility index (Phi) is 7.71. The van der Waals surface area contributed by atoms with Crippen LogP contribution >= 0.6 is 0 Å². The minimum Gasteiger partial charge on any atom is -0.493 e. The van der Waals surface area contributed by atoms with Gasteiger partial charge in [-0.05, 0) is 6.92 Å². The number of hydrogen-bond donors (Lipinski definition) is 2. The lowest BCUT2D eigenvalue weighted by molar-refractivity contribution is 0.293. The fraction of sp³-hybridized carbons (Fsp3) is 0.600. The van der Waals surface area contributed by atoms with Gasteiger partial charge in [0.1, 0.15) is 0 Å². The van der Waals surface area contributed by atoms with Gasteiger partial charge in [0, 0.05) is 44.0 Å². The van der Waals surface area contributed by atoms with Crippen molar-refractivity contribution in [2.45, 2.75) is 6.92 Å². The molecule has 1 aromatic rings. The molecule has 1 aromatic carbocycles. The van der Waals surface area contributed by atoms with Crippen LogP contribution in [0.4, 0.5) is 5.69 Å². The van der Waals surface area contributed by atoms with Crippen LogP contribution in [0.15, 0.2) is 12.1 Å². The minimum absolute atomic E-state index is 0.149. The zero-order valence-corrected chi connectivity index (χ0v) is 13.3. The van der Waals surface area contributed by atoms with Gasteiger partial charge < -0.3 is 29.5 Å². The number of hydrogen-bond acceptors (Lipinski definition) is 6. The molecular formula is C15H26N2O4. The van der Waals surface area contributed by atoms with E-state index in [1.54, 1.807) is 21.3 Å². The van der Waals surface area contributed by atoms with Crippen LogP contribution in [-0.2, 0) is 0 Å². The molecule has 0 aromatic heterocycles. The van der Waals surface area contributed by atoms with E-state index in [1.165, 1.54) is 0 Å². The molecule has 1 rings (SSSR count). The first-order valence-corrected chi connectivity index (χ1v) is 7.08. The van der Waals surface area contributed by atoms with Gasteiger partial charge in [-0.3, -0.25) is 0 Å². The number of anilines is 1. The number of rotatable bonds is 10. The summed E-state index contributed by atoms with van der Waals surface area (Å²) in [5, 5.41) is 11.9. The molecule has 0 aliphatic carbocycles. The largest absolute Gasteiger partial charge is 0.493 e. The van der Waals surface area contributed by atoms with E-state index in [9.17, 15) is 0 Å². The summed E-state index contributed by atoms with van der Waals surface area (Å²) in [4.78, 5) is 2.20. The maximum Gasteiger partial charge on any atom is 0.203 e. The fourth-order valence-electron chi connectivity index (χ4n) is 2.14. The number of aliphatic hydroxyl groups excluding tert-OH is 1. The quantitative estimate of drug-likeness (QED) is 0.631. The molecule has 0 aliphatic rings. The Labute approximate surface area is 126 Å². The summed E-state index contributed by atoms with van der Waals surface area (Å²) in [6, 6.07) is 3.88. The van der Waals surface area contributed by atoms with Gasteiger partial charge >= 0.3 is 0 Å². The van der Waals surface area contributed by atoms with Crippen LogP contribution in [0.3, 0.4) is 0 Å². The summed E-state index contributed by atoms with van der Waals surface area (Å²) in [5.41, 5.74) is 1.01. The number of benzene rings is 1. The Bertz CT molecular complexity index is 401. The summed E-state index contributed by atoms with van der Waals surface area (Å²) >= 11 is 0. The van der Waals surface area contributed by atoms with Gasteiger partial charge in [0.25, 0.3) is 0 Å². The zero-order valence-electron chi connectivity index (χ0n) is 13.3. The van der Waals surface area contributed by atoms with Gasteiger partial charge in [0.05, 0.1) is 27.9 Å². The van der Waals surface area contributed by atoms with Crippen LogP contribution in [0.25, 0.3) is 0 Å². The van der Waals surface area contributed by atoms with E-state index < -0.39 is 0 Å². The maximum absolute atomic E-state index is 8.78. The number of nitrogens with zero attached hydrogens (tertiary/aromatic N) is 1. The number of aliphatic hydroxyl groups is 1.